The molecule has 0 spiro atoms. The molecular formula is C30H38Br2N2S3. The van der Waals surface area contributed by atoms with Gasteiger partial charge in [0.15, 0.2) is 0 Å². The maximum Gasteiger partial charge on any atom is 0.109 e. The minimum absolute atomic E-state index is 0.919. The van der Waals surface area contributed by atoms with E-state index in [1.807, 2.05) is 34.0 Å². The van der Waals surface area contributed by atoms with Gasteiger partial charge in [-0.05, 0) is 93.6 Å². The van der Waals surface area contributed by atoms with Crippen LogP contribution in [0.4, 0.5) is 0 Å². The van der Waals surface area contributed by atoms with Crippen molar-refractivity contribution >= 4 is 76.9 Å². The van der Waals surface area contributed by atoms with Crippen LogP contribution in [0.3, 0.4) is 0 Å². The van der Waals surface area contributed by atoms with E-state index in [0.29, 0.717) is 0 Å². The number of hydrogen-bond donors (Lipinski definition) is 0. The van der Waals surface area contributed by atoms with Gasteiger partial charge in [-0.25, -0.2) is 9.97 Å². The molecule has 4 aromatic heterocycles. The number of aromatic nitrogens is 2. The van der Waals surface area contributed by atoms with Gasteiger partial charge in [0.05, 0.1) is 38.5 Å². The van der Waals surface area contributed by atoms with Crippen molar-refractivity contribution in [3.63, 3.8) is 0 Å². The average Bonchev–Trinajstić information content (AvgIpc) is 3.57. The van der Waals surface area contributed by atoms with Crippen LogP contribution in [-0.2, 0) is 25.7 Å². The number of fused-ring (bicyclic) bond motifs is 1. The fourth-order valence-corrected chi connectivity index (χ4v) is 9.83. The molecule has 0 radical (unpaired) electrons. The first-order chi connectivity index (χ1) is 18.0. The summed E-state index contributed by atoms with van der Waals surface area (Å²) >= 11 is 13.3. The van der Waals surface area contributed by atoms with Gasteiger partial charge in [0, 0.05) is 0 Å². The van der Waals surface area contributed by atoms with Gasteiger partial charge in [-0.3, -0.25) is 0 Å². The predicted molar refractivity (Wildman–Crippen MR) is 174 cm³/mol. The summed E-state index contributed by atoms with van der Waals surface area (Å²) in [7, 11) is 0. The minimum atomic E-state index is 0.919. The first-order valence-corrected chi connectivity index (χ1v) is 17.9. The highest BCUT2D eigenvalue weighted by Crippen LogP contribution is 2.50. The molecule has 0 aliphatic rings. The second kappa shape index (κ2) is 14.2. The van der Waals surface area contributed by atoms with Crippen molar-refractivity contribution in [2.45, 2.75) is 105 Å². The smallest absolute Gasteiger partial charge is 0.109 e. The first-order valence-electron chi connectivity index (χ1n) is 13.9. The fourth-order valence-electron chi connectivity index (χ4n) is 4.92. The largest absolute Gasteiger partial charge is 0.248 e. The van der Waals surface area contributed by atoms with Crippen LogP contribution in [0.5, 0.6) is 0 Å². The Kier molecular flexibility index (Phi) is 11.2. The molecule has 0 aromatic carbocycles. The van der Waals surface area contributed by atoms with Crippen molar-refractivity contribution in [2.75, 3.05) is 0 Å². The summed E-state index contributed by atoms with van der Waals surface area (Å²) in [6.45, 7) is 8.96. The van der Waals surface area contributed by atoms with Crippen molar-refractivity contribution in [1.29, 1.82) is 0 Å². The normalized spacial score (nSPS) is 11.7. The van der Waals surface area contributed by atoms with Gasteiger partial charge in [-0.1, -0.05) is 66.2 Å². The number of halogens is 2. The van der Waals surface area contributed by atoms with Crippen molar-refractivity contribution in [2.24, 2.45) is 0 Å². The van der Waals surface area contributed by atoms with E-state index in [4.69, 9.17) is 9.97 Å². The lowest BCUT2D eigenvalue weighted by atomic mass is 10.1. The Morgan fingerprint density at radius 2 is 1.00 bits per heavy atom. The molecule has 4 rings (SSSR count). The number of thiophene rings is 3. The zero-order valence-corrected chi connectivity index (χ0v) is 28.1. The Bertz CT molecular complexity index is 1220. The molecular weight excluding hydrogens is 644 g/mol. The zero-order valence-electron chi connectivity index (χ0n) is 22.5. The maximum atomic E-state index is 5.30. The second-order valence-electron chi connectivity index (χ2n) is 9.71. The molecule has 0 saturated heterocycles. The van der Waals surface area contributed by atoms with Crippen molar-refractivity contribution < 1.29 is 0 Å². The quantitative estimate of drug-likeness (QED) is 0.124. The fraction of sp³-hybridized carbons (Fsp3) is 0.533. The van der Waals surface area contributed by atoms with Crippen LogP contribution in [0.15, 0.2) is 19.7 Å². The third kappa shape index (κ3) is 6.95. The molecule has 2 nitrogen and oxygen atoms in total. The maximum absolute atomic E-state index is 5.30. The molecule has 7 heteroatoms. The van der Waals surface area contributed by atoms with Crippen molar-refractivity contribution in [3.8, 4) is 19.5 Å². The Hall–Kier alpha value is -0.600. The SMILES string of the molecule is CCCCCCc1cc(Br)sc1-c1sc(-c2sc(Br)cc2CCCCCC)c2nc(CC)c(CC)nc12. The molecule has 0 N–H and O–H groups in total. The molecule has 0 atom stereocenters. The lowest BCUT2D eigenvalue weighted by molar-refractivity contribution is 0.668. The van der Waals surface area contributed by atoms with E-state index in [1.165, 1.54) is 89.6 Å². The predicted octanol–water partition coefficient (Wildman–Crippen LogP) is 12.0. The van der Waals surface area contributed by atoms with Gasteiger partial charge in [-0.2, -0.15) is 0 Å². The lowest BCUT2D eigenvalue weighted by Gasteiger charge is -2.07. The lowest BCUT2D eigenvalue weighted by Crippen LogP contribution is -2.00. The number of nitrogens with zero attached hydrogens (tertiary/aromatic N) is 2. The summed E-state index contributed by atoms with van der Waals surface area (Å²) in [5.74, 6) is 0. The minimum Gasteiger partial charge on any atom is -0.248 e. The highest BCUT2D eigenvalue weighted by molar-refractivity contribution is 9.11. The number of hydrogen-bond acceptors (Lipinski definition) is 5. The van der Waals surface area contributed by atoms with Crippen LogP contribution in [0.2, 0.25) is 0 Å². The van der Waals surface area contributed by atoms with Crippen LogP contribution in [0.1, 0.15) is 102 Å². The Morgan fingerprint density at radius 3 is 1.38 bits per heavy atom. The topological polar surface area (TPSA) is 25.8 Å². The van der Waals surface area contributed by atoms with Gasteiger partial charge < -0.3 is 0 Å². The van der Waals surface area contributed by atoms with Crippen LogP contribution >= 0.6 is 65.9 Å². The molecule has 0 unspecified atom stereocenters. The van der Waals surface area contributed by atoms with E-state index in [2.05, 4.69) is 71.7 Å². The highest BCUT2D eigenvalue weighted by Gasteiger charge is 2.24. The first kappa shape index (κ1) is 29.4. The Morgan fingerprint density at radius 1 is 0.568 bits per heavy atom. The van der Waals surface area contributed by atoms with Gasteiger partial charge in [0.1, 0.15) is 11.0 Å². The summed E-state index contributed by atoms with van der Waals surface area (Å²) in [4.78, 5) is 16.0. The Balaban J connectivity index is 1.85. The standard InChI is InChI=1S/C30H38Br2N2S3/c1-5-9-11-13-15-19-17-23(31)35-27(19)29-25-26(34-22(8-4)21(7-3)33-25)30(37-29)28-20(18-24(32)36-28)16-14-12-10-6-2/h17-18H,5-16H2,1-4H3. The Labute approximate surface area is 251 Å². The van der Waals surface area contributed by atoms with E-state index < -0.39 is 0 Å². The van der Waals surface area contributed by atoms with E-state index in [0.717, 1.165) is 48.1 Å². The molecule has 4 aromatic rings. The third-order valence-corrected chi connectivity index (χ3v) is 11.8. The van der Waals surface area contributed by atoms with E-state index >= 15 is 0 Å². The molecule has 0 amide bonds. The molecule has 0 saturated carbocycles. The van der Waals surface area contributed by atoms with Crippen molar-refractivity contribution in [1.82, 2.24) is 9.97 Å². The summed E-state index contributed by atoms with van der Waals surface area (Å²) in [5.41, 5.74) is 7.39. The second-order valence-corrected chi connectivity index (χ2v) is 15.6. The van der Waals surface area contributed by atoms with Crippen LogP contribution in [-0.4, -0.2) is 9.97 Å². The van der Waals surface area contributed by atoms with Crippen molar-refractivity contribution in [3.05, 3.63) is 42.2 Å². The van der Waals surface area contributed by atoms with Gasteiger partial charge in [0.2, 0.25) is 0 Å². The van der Waals surface area contributed by atoms with Crippen LogP contribution in [0, 0.1) is 0 Å². The molecule has 4 heterocycles. The summed E-state index contributed by atoms with van der Waals surface area (Å²) in [6, 6.07) is 4.68. The number of rotatable bonds is 14. The monoisotopic (exact) mass is 680 g/mol. The molecule has 0 bridgehead atoms. The summed E-state index contributed by atoms with van der Waals surface area (Å²) in [6.07, 6.45) is 14.3. The third-order valence-electron chi connectivity index (χ3n) is 6.92. The molecule has 0 aliphatic heterocycles. The zero-order chi connectivity index (χ0) is 26.4. The summed E-state index contributed by atoms with van der Waals surface area (Å²) in [5, 5.41) is 0. The highest BCUT2D eigenvalue weighted by atomic mass is 79.9. The van der Waals surface area contributed by atoms with E-state index in [9.17, 15) is 0 Å². The molecule has 200 valence electrons. The van der Waals surface area contributed by atoms with Gasteiger partial charge >= 0.3 is 0 Å². The van der Waals surface area contributed by atoms with E-state index in [1.54, 1.807) is 0 Å². The molecule has 0 fully saturated rings. The van der Waals surface area contributed by atoms with Crippen LogP contribution in [0.25, 0.3) is 30.5 Å². The summed E-state index contributed by atoms with van der Waals surface area (Å²) < 4.78 is 2.42. The van der Waals surface area contributed by atoms with Gasteiger partial charge in [0.25, 0.3) is 0 Å². The molecule has 0 aliphatic carbocycles. The van der Waals surface area contributed by atoms with E-state index in [-0.39, 0.29) is 0 Å². The van der Waals surface area contributed by atoms with Gasteiger partial charge in [-0.15, -0.1) is 34.0 Å². The number of aryl methyl sites for hydroxylation is 4. The average molecular weight is 683 g/mol. The van der Waals surface area contributed by atoms with Crippen LogP contribution < -0.4 is 0 Å². The molecule has 37 heavy (non-hydrogen) atoms. The number of unbranched alkanes of at least 4 members (excludes halogenated alkanes) is 6.